The van der Waals surface area contributed by atoms with Crippen molar-refractivity contribution >= 4 is 28.6 Å². The van der Waals surface area contributed by atoms with E-state index in [0.717, 1.165) is 27.9 Å². The number of benzene rings is 2. The highest BCUT2D eigenvalue weighted by Crippen LogP contribution is 2.30. The van der Waals surface area contributed by atoms with Gasteiger partial charge in [-0.1, -0.05) is 36.4 Å². The summed E-state index contributed by atoms with van der Waals surface area (Å²) in [4.78, 5) is 24.8. The number of fused-ring (bicyclic) bond motifs is 2. The van der Waals surface area contributed by atoms with E-state index in [9.17, 15) is 9.59 Å². The van der Waals surface area contributed by atoms with Gasteiger partial charge in [-0.3, -0.25) is 9.59 Å². The van der Waals surface area contributed by atoms with Crippen LogP contribution >= 0.6 is 0 Å². The lowest BCUT2D eigenvalue weighted by atomic mass is 10.0. The van der Waals surface area contributed by atoms with Crippen LogP contribution in [-0.4, -0.2) is 11.6 Å². The van der Waals surface area contributed by atoms with Gasteiger partial charge in [-0.15, -0.1) is 0 Å². The molecule has 0 N–H and O–H groups in total. The van der Waals surface area contributed by atoms with E-state index < -0.39 is 0 Å². The molecule has 3 aromatic rings. The lowest BCUT2D eigenvalue weighted by molar-refractivity contribution is 0.0990. The van der Waals surface area contributed by atoms with Crippen molar-refractivity contribution in [2.45, 2.75) is 13.8 Å². The fourth-order valence-electron chi connectivity index (χ4n) is 3.02. The summed E-state index contributed by atoms with van der Waals surface area (Å²) in [5, 5.41) is 1.05. The topological polar surface area (TPSA) is 47.3 Å². The second-order valence-electron chi connectivity index (χ2n) is 5.80. The first-order chi connectivity index (χ1) is 11.1. The van der Waals surface area contributed by atoms with Gasteiger partial charge < -0.3 is 4.42 Å². The summed E-state index contributed by atoms with van der Waals surface area (Å²) in [6.07, 6.45) is 1.65. The number of carbonyl (C=O) groups excluding carboxylic acids is 2. The molecule has 23 heavy (non-hydrogen) atoms. The van der Waals surface area contributed by atoms with Crippen LogP contribution in [-0.2, 0) is 0 Å². The Labute approximate surface area is 133 Å². The predicted molar refractivity (Wildman–Crippen MR) is 88.8 cm³/mol. The molecule has 4 rings (SSSR count). The van der Waals surface area contributed by atoms with Gasteiger partial charge in [-0.2, -0.15) is 0 Å². The van der Waals surface area contributed by atoms with Gasteiger partial charge in [0.25, 0.3) is 0 Å². The third-order valence-corrected chi connectivity index (χ3v) is 4.42. The van der Waals surface area contributed by atoms with Crippen LogP contribution in [0.3, 0.4) is 0 Å². The molecule has 0 bridgehead atoms. The SMILES string of the molecule is Cc1oc2cc(C=C3C(=O)c4ccccc4C3=O)ccc2c1C. The average Bonchev–Trinajstić information content (AvgIpc) is 2.97. The number of carbonyl (C=O) groups is 2. The van der Waals surface area contributed by atoms with Gasteiger partial charge in [0.1, 0.15) is 11.3 Å². The highest BCUT2D eigenvalue weighted by Gasteiger charge is 2.32. The van der Waals surface area contributed by atoms with Crippen molar-refractivity contribution in [1.82, 2.24) is 0 Å². The van der Waals surface area contributed by atoms with Gasteiger partial charge in [0.05, 0.1) is 5.57 Å². The molecule has 0 aliphatic heterocycles. The first-order valence-electron chi connectivity index (χ1n) is 7.46. The van der Waals surface area contributed by atoms with E-state index >= 15 is 0 Å². The van der Waals surface area contributed by atoms with Gasteiger partial charge in [0.15, 0.2) is 11.6 Å². The molecule has 3 nitrogen and oxygen atoms in total. The summed E-state index contributed by atoms with van der Waals surface area (Å²) in [6, 6.07) is 12.7. The Balaban J connectivity index is 1.82. The lowest BCUT2D eigenvalue weighted by Crippen LogP contribution is -2.00. The van der Waals surface area contributed by atoms with Crippen LogP contribution in [0.4, 0.5) is 0 Å². The Morgan fingerprint density at radius 3 is 2.22 bits per heavy atom. The molecule has 0 radical (unpaired) electrons. The third-order valence-electron chi connectivity index (χ3n) is 4.42. The maximum absolute atomic E-state index is 12.4. The quantitative estimate of drug-likeness (QED) is 0.491. The standard InChI is InChI=1S/C20H14O3/c1-11-12(2)23-18-10-13(7-8-14(11)18)9-17-19(21)15-5-3-4-6-16(15)20(17)22/h3-10H,1-2H3. The van der Waals surface area contributed by atoms with E-state index in [1.54, 1.807) is 30.3 Å². The Kier molecular flexibility index (Phi) is 2.85. The zero-order chi connectivity index (χ0) is 16.1. The Bertz CT molecular complexity index is 982. The van der Waals surface area contributed by atoms with E-state index in [-0.39, 0.29) is 17.1 Å². The molecule has 1 aromatic heterocycles. The van der Waals surface area contributed by atoms with Crippen LogP contribution in [0.1, 0.15) is 37.6 Å². The fourth-order valence-corrected chi connectivity index (χ4v) is 3.02. The zero-order valence-electron chi connectivity index (χ0n) is 12.8. The second-order valence-corrected chi connectivity index (χ2v) is 5.80. The molecule has 0 saturated heterocycles. The summed E-state index contributed by atoms with van der Waals surface area (Å²) >= 11 is 0. The summed E-state index contributed by atoms with van der Waals surface area (Å²) < 4.78 is 5.72. The number of Topliss-reactive ketones (excluding diaryl/α,β-unsaturated/α-hetero) is 2. The number of rotatable bonds is 1. The average molecular weight is 302 g/mol. The highest BCUT2D eigenvalue weighted by atomic mass is 16.3. The summed E-state index contributed by atoms with van der Waals surface area (Å²) in [6.45, 7) is 3.94. The lowest BCUT2D eigenvalue weighted by Gasteiger charge is -1.97. The number of aryl methyl sites for hydroxylation is 2. The molecule has 1 aliphatic rings. The minimum absolute atomic E-state index is 0.211. The Hall–Kier alpha value is -2.94. The number of ketones is 2. The second kappa shape index (κ2) is 4.78. The van der Waals surface area contributed by atoms with E-state index in [0.29, 0.717) is 11.1 Å². The molecular formula is C20H14O3. The minimum Gasteiger partial charge on any atom is -0.461 e. The Morgan fingerprint density at radius 2 is 1.57 bits per heavy atom. The first kappa shape index (κ1) is 13.7. The van der Waals surface area contributed by atoms with Crippen molar-refractivity contribution in [3.8, 4) is 0 Å². The zero-order valence-corrected chi connectivity index (χ0v) is 12.8. The highest BCUT2D eigenvalue weighted by molar-refractivity contribution is 6.41. The van der Waals surface area contributed by atoms with Crippen molar-refractivity contribution in [1.29, 1.82) is 0 Å². The van der Waals surface area contributed by atoms with Crippen molar-refractivity contribution in [2.75, 3.05) is 0 Å². The monoisotopic (exact) mass is 302 g/mol. The van der Waals surface area contributed by atoms with Crippen LogP contribution in [0.25, 0.3) is 17.0 Å². The van der Waals surface area contributed by atoms with Gasteiger partial charge in [0, 0.05) is 16.5 Å². The molecule has 0 fully saturated rings. The third kappa shape index (κ3) is 1.97. The van der Waals surface area contributed by atoms with Crippen molar-refractivity contribution in [3.05, 3.63) is 76.1 Å². The number of hydrogen-bond donors (Lipinski definition) is 0. The summed E-state index contributed by atoms with van der Waals surface area (Å²) in [5.74, 6) is 0.459. The van der Waals surface area contributed by atoms with Crippen LogP contribution < -0.4 is 0 Å². The molecule has 0 spiro atoms. The number of allylic oxidation sites excluding steroid dienone is 1. The Morgan fingerprint density at radius 1 is 0.913 bits per heavy atom. The van der Waals surface area contributed by atoms with E-state index in [2.05, 4.69) is 0 Å². The van der Waals surface area contributed by atoms with Gasteiger partial charge in [-0.25, -0.2) is 0 Å². The maximum Gasteiger partial charge on any atom is 0.197 e. The largest absolute Gasteiger partial charge is 0.461 e. The molecule has 112 valence electrons. The van der Waals surface area contributed by atoms with Gasteiger partial charge in [-0.05, 0) is 37.1 Å². The summed E-state index contributed by atoms with van der Waals surface area (Å²) in [5.41, 5.74) is 3.84. The molecular weight excluding hydrogens is 288 g/mol. The van der Waals surface area contributed by atoms with E-state index in [1.165, 1.54) is 0 Å². The van der Waals surface area contributed by atoms with Crippen LogP contribution in [0.2, 0.25) is 0 Å². The van der Waals surface area contributed by atoms with E-state index in [4.69, 9.17) is 4.42 Å². The molecule has 0 atom stereocenters. The molecule has 0 amide bonds. The maximum atomic E-state index is 12.4. The molecule has 0 unspecified atom stereocenters. The van der Waals surface area contributed by atoms with Crippen LogP contribution in [0.15, 0.2) is 52.5 Å². The molecule has 3 heteroatoms. The number of hydrogen-bond acceptors (Lipinski definition) is 3. The smallest absolute Gasteiger partial charge is 0.197 e. The van der Waals surface area contributed by atoms with Crippen LogP contribution in [0.5, 0.6) is 0 Å². The van der Waals surface area contributed by atoms with E-state index in [1.807, 2.05) is 32.0 Å². The van der Waals surface area contributed by atoms with Crippen LogP contribution in [0, 0.1) is 13.8 Å². The molecule has 2 aromatic carbocycles. The van der Waals surface area contributed by atoms with Gasteiger partial charge in [0.2, 0.25) is 0 Å². The molecule has 1 heterocycles. The van der Waals surface area contributed by atoms with Crippen molar-refractivity contribution in [3.63, 3.8) is 0 Å². The predicted octanol–water partition coefficient (Wildman–Crippen LogP) is 4.51. The fraction of sp³-hybridized carbons (Fsp3) is 0.100. The van der Waals surface area contributed by atoms with Crippen molar-refractivity contribution < 1.29 is 14.0 Å². The number of furan rings is 1. The van der Waals surface area contributed by atoms with Crippen molar-refractivity contribution in [2.24, 2.45) is 0 Å². The minimum atomic E-state index is -0.211. The van der Waals surface area contributed by atoms with Gasteiger partial charge >= 0.3 is 0 Å². The summed E-state index contributed by atoms with van der Waals surface area (Å²) in [7, 11) is 0. The normalized spacial score (nSPS) is 13.7. The molecule has 0 saturated carbocycles. The molecule has 1 aliphatic carbocycles. The first-order valence-corrected chi connectivity index (χ1v) is 7.46.